The minimum absolute atomic E-state index is 0.00568. The summed E-state index contributed by atoms with van der Waals surface area (Å²) in [4.78, 5) is 22.7. The number of hydrogen-bond acceptors (Lipinski definition) is 3. The summed E-state index contributed by atoms with van der Waals surface area (Å²) < 4.78 is 0. The zero-order valence-electron chi connectivity index (χ0n) is 11.7. The summed E-state index contributed by atoms with van der Waals surface area (Å²) >= 11 is 0. The standard InChI is InChI=1S/C14H25N3O2/c1-10(18)15-7-4-8-16-14(19)13-9-11-5-2-3-6-12(11)17-13/h11-13,17H,2-9H2,1H3,(H,15,18)(H,16,19). The Labute approximate surface area is 114 Å². The van der Waals surface area contributed by atoms with Gasteiger partial charge in [0, 0.05) is 26.1 Å². The van der Waals surface area contributed by atoms with Crippen molar-refractivity contribution in [1.82, 2.24) is 16.0 Å². The predicted molar refractivity (Wildman–Crippen MR) is 73.6 cm³/mol. The fourth-order valence-electron chi connectivity index (χ4n) is 3.21. The van der Waals surface area contributed by atoms with Gasteiger partial charge in [-0.2, -0.15) is 0 Å². The SMILES string of the molecule is CC(=O)NCCCNC(=O)C1CC2CCCCC2N1. The molecule has 3 atom stereocenters. The van der Waals surface area contributed by atoms with E-state index in [9.17, 15) is 9.59 Å². The maximum atomic E-state index is 12.0. The predicted octanol–water partition coefficient (Wildman–Crippen LogP) is 0.549. The van der Waals surface area contributed by atoms with E-state index < -0.39 is 0 Å². The Morgan fingerprint density at radius 2 is 1.89 bits per heavy atom. The van der Waals surface area contributed by atoms with Crippen molar-refractivity contribution in [3.63, 3.8) is 0 Å². The van der Waals surface area contributed by atoms with Gasteiger partial charge in [-0.15, -0.1) is 0 Å². The first-order valence-corrected chi connectivity index (χ1v) is 7.45. The number of amides is 2. The first-order valence-electron chi connectivity index (χ1n) is 7.45. The molecule has 3 N–H and O–H groups in total. The van der Waals surface area contributed by atoms with Crippen molar-refractivity contribution in [2.75, 3.05) is 13.1 Å². The maximum Gasteiger partial charge on any atom is 0.237 e. The molecule has 0 spiro atoms. The molecule has 3 unspecified atom stereocenters. The van der Waals surface area contributed by atoms with Crippen LogP contribution in [0.25, 0.3) is 0 Å². The Kier molecular flexibility index (Phi) is 5.19. The quantitative estimate of drug-likeness (QED) is 0.637. The van der Waals surface area contributed by atoms with E-state index in [0.717, 1.165) is 12.8 Å². The van der Waals surface area contributed by atoms with Crippen molar-refractivity contribution >= 4 is 11.8 Å². The van der Waals surface area contributed by atoms with Crippen LogP contribution in [0, 0.1) is 5.92 Å². The van der Waals surface area contributed by atoms with E-state index in [0.29, 0.717) is 25.0 Å². The van der Waals surface area contributed by atoms with Crippen molar-refractivity contribution in [2.45, 2.75) is 57.5 Å². The monoisotopic (exact) mass is 267 g/mol. The molecule has 1 aliphatic carbocycles. The summed E-state index contributed by atoms with van der Waals surface area (Å²) in [5.41, 5.74) is 0. The van der Waals surface area contributed by atoms with Gasteiger partial charge in [-0.3, -0.25) is 9.59 Å². The van der Waals surface area contributed by atoms with Crippen molar-refractivity contribution in [3.05, 3.63) is 0 Å². The fraction of sp³-hybridized carbons (Fsp3) is 0.857. The van der Waals surface area contributed by atoms with Gasteiger partial charge in [0.05, 0.1) is 6.04 Å². The molecule has 1 saturated heterocycles. The molecule has 2 fully saturated rings. The van der Waals surface area contributed by atoms with E-state index in [1.807, 2.05) is 0 Å². The van der Waals surface area contributed by atoms with Crippen LogP contribution in [0.5, 0.6) is 0 Å². The lowest BCUT2D eigenvalue weighted by Gasteiger charge is -2.24. The van der Waals surface area contributed by atoms with E-state index in [1.165, 1.54) is 32.6 Å². The molecule has 2 aliphatic rings. The van der Waals surface area contributed by atoms with Crippen LogP contribution in [-0.2, 0) is 9.59 Å². The lowest BCUT2D eigenvalue weighted by atomic mass is 9.85. The number of rotatable bonds is 5. The van der Waals surface area contributed by atoms with Gasteiger partial charge < -0.3 is 16.0 Å². The Bertz CT molecular complexity index is 319. The number of nitrogens with one attached hydrogen (secondary N) is 3. The first-order chi connectivity index (χ1) is 9.16. The lowest BCUT2D eigenvalue weighted by molar-refractivity contribution is -0.122. The largest absolute Gasteiger partial charge is 0.356 e. The summed E-state index contributed by atoms with van der Waals surface area (Å²) in [6.45, 7) is 2.76. The molecule has 0 radical (unpaired) electrons. The van der Waals surface area contributed by atoms with Crippen LogP contribution in [0.2, 0.25) is 0 Å². The number of hydrogen-bond donors (Lipinski definition) is 3. The Hall–Kier alpha value is -1.10. The highest BCUT2D eigenvalue weighted by atomic mass is 16.2. The third kappa shape index (κ3) is 4.20. The minimum atomic E-state index is -0.0205. The zero-order valence-corrected chi connectivity index (χ0v) is 11.7. The summed E-state index contributed by atoms with van der Waals surface area (Å²) in [6.07, 6.45) is 6.86. The van der Waals surface area contributed by atoms with Gasteiger partial charge >= 0.3 is 0 Å². The van der Waals surface area contributed by atoms with Crippen molar-refractivity contribution in [2.24, 2.45) is 5.92 Å². The molecule has 2 rings (SSSR count). The Balaban J connectivity index is 1.62. The van der Waals surface area contributed by atoms with E-state index in [1.54, 1.807) is 0 Å². The average Bonchev–Trinajstić information content (AvgIpc) is 2.81. The molecule has 19 heavy (non-hydrogen) atoms. The highest BCUT2D eigenvalue weighted by molar-refractivity contribution is 5.82. The van der Waals surface area contributed by atoms with E-state index in [2.05, 4.69) is 16.0 Å². The molecule has 0 aromatic rings. The second-order valence-corrected chi connectivity index (χ2v) is 5.73. The molecule has 0 aromatic heterocycles. The molecule has 0 aromatic carbocycles. The normalized spacial score (nSPS) is 29.6. The van der Waals surface area contributed by atoms with Gasteiger partial charge in [-0.25, -0.2) is 0 Å². The molecule has 1 aliphatic heterocycles. The van der Waals surface area contributed by atoms with E-state index in [-0.39, 0.29) is 17.9 Å². The molecular weight excluding hydrogens is 242 g/mol. The van der Waals surface area contributed by atoms with Gasteiger partial charge in [0.1, 0.15) is 0 Å². The minimum Gasteiger partial charge on any atom is -0.356 e. The second kappa shape index (κ2) is 6.89. The van der Waals surface area contributed by atoms with E-state index in [4.69, 9.17) is 0 Å². The third-order valence-corrected chi connectivity index (χ3v) is 4.21. The molecule has 2 amide bonds. The van der Waals surface area contributed by atoms with Crippen LogP contribution >= 0.6 is 0 Å². The highest BCUT2D eigenvalue weighted by Gasteiger charge is 2.37. The summed E-state index contributed by atoms with van der Waals surface area (Å²) in [5.74, 6) is 0.800. The molecule has 108 valence electrons. The van der Waals surface area contributed by atoms with Crippen molar-refractivity contribution < 1.29 is 9.59 Å². The second-order valence-electron chi connectivity index (χ2n) is 5.73. The van der Waals surface area contributed by atoms with Gasteiger partial charge in [-0.05, 0) is 31.6 Å². The first kappa shape index (κ1) is 14.3. The smallest absolute Gasteiger partial charge is 0.237 e. The van der Waals surface area contributed by atoms with Gasteiger partial charge in [-0.1, -0.05) is 12.8 Å². The number of carbonyl (C=O) groups is 2. The van der Waals surface area contributed by atoms with Crippen LogP contribution in [-0.4, -0.2) is 37.0 Å². The molecular formula is C14H25N3O2. The molecule has 5 nitrogen and oxygen atoms in total. The maximum absolute atomic E-state index is 12.0. The van der Waals surface area contributed by atoms with Crippen molar-refractivity contribution in [3.8, 4) is 0 Å². The van der Waals surface area contributed by atoms with Gasteiger partial charge in [0.25, 0.3) is 0 Å². The van der Waals surface area contributed by atoms with Crippen LogP contribution in [0.1, 0.15) is 45.4 Å². The van der Waals surface area contributed by atoms with Crippen molar-refractivity contribution in [1.29, 1.82) is 0 Å². The lowest BCUT2D eigenvalue weighted by Crippen LogP contribution is -2.43. The third-order valence-electron chi connectivity index (χ3n) is 4.21. The molecule has 1 saturated carbocycles. The van der Waals surface area contributed by atoms with Crippen LogP contribution in [0.4, 0.5) is 0 Å². The van der Waals surface area contributed by atoms with Crippen LogP contribution in [0.3, 0.4) is 0 Å². The topological polar surface area (TPSA) is 70.2 Å². The van der Waals surface area contributed by atoms with Crippen LogP contribution < -0.4 is 16.0 Å². The molecule has 0 bridgehead atoms. The summed E-state index contributed by atoms with van der Waals surface area (Å²) in [7, 11) is 0. The summed E-state index contributed by atoms with van der Waals surface area (Å²) in [5, 5.41) is 9.15. The highest BCUT2D eigenvalue weighted by Crippen LogP contribution is 2.33. The zero-order chi connectivity index (χ0) is 13.7. The molecule has 1 heterocycles. The summed E-state index contributed by atoms with van der Waals surface area (Å²) in [6, 6.07) is 0.553. The number of fused-ring (bicyclic) bond motifs is 1. The molecule has 5 heteroatoms. The van der Waals surface area contributed by atoms with Gasteiger partial charge in [0.15, 0.2) is 0 Å². The average molecular weight is 267 g/mol. The Morgan fingerprint density at radius 3 is 2.63 bits per heavy atom. The van der Waals surface area contributed by atoms with Crippen LogP contribution in [0.15, 0.2) is 0 Å². The van der Waals surface area contributed by atoms with Gasteiger partial charge in [0.2, 0.25) is 11.8 Å². The fourth-order valence-corrected chi connectivity index (χ4v) is 3.21. The number of carbonyl (C=O) groups excluding carboxylic acids is 2. The van der Waals surface area contributed by atoms with E-state index >= 15 is 0 Å². The Morgan fingerprint density at radius 1 is 1.16 bits per heavy atom.